The Bertz CT molecular complexity index is 41.2. The van der Waals surface area contributed by atoms with E-state index in [9.17, 15) is 0 Å². The van der Waals surface area contributed by atoms with Gasteiger partial charge in [-0.15, -0.1) is 0 Å². The molecular formula is C5H10B. The minimum absolute atomic E-state index is 0.588. The molecule has 0 spiro atoms. The van der Waals surface area contributed by atoms with Crippen LogP contribution >= 0.6 is 0 Å². The van der Waals surface area contributed by atoms with Crippen molar-refractivity contribution in [1.29, 1.82) is 0 Å². The molecule has 0 aromatic carbocycles. The van der Waals surface area contributed by atoms with E-state index in [1.165, 1.54) is 0 Å². The van der Waals surface area contributed by atoms with Crippen LogP contribution in [0.25, 0.3) is 0 Å². The van der Waals surface area contributed by atoms with Gasteiger partial charge in [-0.1, -0.05) is 0 Å². The standard InChI is InChI=1S/C5H10B/c1-3-5(2)4-6/h4-5H,3H2,1-2H3. The van der Waals surface area contributed by atoms with E-state index in [2.05, 4.69) is 13.8 Å². The van der Waals surface area contributed by atoms with Gasteiger partial charge in [-0.2, -0.15) is 0 Å². The molecule has 0 saturated carbocycles. The molecule has 0 aromatic rings. The zero-order valence-electron chi connectivity index (χ0n) is 4.44. The summed E-state index contributed by atoms with van der Waals surface area (Å²) in [6.45, 7) is 4.22. The molecule has 0 aliphatic rings. The van der Waals surface area contributed by atoms with Crippen LogP contribution in [-0.2, 0) is 0 Å². The van der Waals surface area contributed by atoms with Crippen molar-refractivity contribution in [1.82, 2.24) is 0 Å². The summed E-state index contributed by atoms with van der Waals surface area (Å²) in [5.74, 6) is 2.31. The Hall–Kier alpha value is -0.0651. The quantitative estimate of drug-likeness (QED) is 0.435. The molecule has 0 rings (SSSR count). The molecular weight excluding hydrogens is 70.9 g/mol. The van der Waals surface area contributed by atoms with Crippen LogP contribution in [0.15, 0.2) is 0 Å². The van der Waals surface area contributed by atoms with E-state index in [4.69, 9.17) is 7.49 Å². The van der Waals surface area contributed by atoms with Gasteiger partial charge in [-0.3, -0.25) is 0 Å². The third-order valence-corrected chi connectivity index (χ3v) is 0.972. The van der Waals surface area contributed by atoms with E-state index in [1.807, 2.05) is 0 Å². The molecule has 0 fully saturated rings. The SMILES string of the molecule is [B]=CC(C)CC. The fraction of sp³-hybridized carbons (Fsp3) is 0.800. The summed E-state index contributed by atoms with van der Waals surface area (Å²) in [4.78, 5) is 0. The van der Waals surface area contributed by atoms with Gasteiger partial charge in [0.15, 0.2) is 0 Å². The van der Waals surface area contributed by atoms with Crippen LogP contribution in [0, 0.1) is 5.92 Å². The Labute approximate surface area is 40.6 Å². The summed E-state index contributed by atoms with van der Waals surface area (Å²) in [7, 11) is 5.16. The average molecular weight is 80.9 g/mol. The first-order chi connectivity index (χ1) is 2.81. The zero-order chi connectivity index (χ0) is 4.99. The number of hydrogen-bond donors (Lipinski definition) is 0. The van der Waals surface area contributed by atoms with Crippen molar-refractivity contribution in [3.05, 3.63) is 0 Å². The third-order valence-electron chi connectivity index (χ3n) is 0.972. The first kappa shape index (κ1) is 5.93. The van der Waals surface area contributed by atoms with E-state index in [-0.39, 0.29) is 0 Å². The van der Waals surface area contributed by atoms with Gasteiger partial charge < -0.3 is 0 Å². The van der Waals surface area contributed by atoms with Crippen molar-refractivity contribution in [2.24, 2.45) is 5.92 Å². The molecule has 0 aliphatic heterocycles. The maximum absolute atomic E-state index is 5.16. The van der Waals surface area contributed by atoms with Crippen molar-refractivity contribution in [2.45, 2.75) is 20.3 Å². The molecule has 1 unspecified atom stereocenters. The molecule has 0 aromatic heterocycles. The fourth-order valence-electron chi connectivity index (χ4n) is 0.136. The summed E-state index contributed by atoms with van der Waals surface area (Å²) in [5, 5.41) is 0. The Kier molecular flexibility index (Phi) is 3.10. The van der Waals surface area contributed by atoms with Crippen LogP contribution in [0.1, 0.15) is 20.3 Å². The topological polar surface area (TPSA) is 0 Å². The fourth-order valence-corrected chi connectivity index (χ4v) is 0.136. The van der Waals surface area contributed by atoms with Crippen molar-refractivity contribution in [3.8, 4) is 0 Å². The van der Waals surface area contributed by atoms with E-state index >= 15 is 0 Å². The van der Waals surface area contributed by atoms with Crippen molar-refractivity contribution in [2.75, 3.05) is 0 Å². The molecule has 0 saturated heterocycles. The summed E-state index contributed by atoms with van der Waals surface area (Å²) < 4.78 is 0. The van der Waals surface area contributed by atoms with Gasteiger partial charge in [0.25, 0.3) is 0 Å². The molecule has 0 aliphatic carbocycles. The monoisotopic (exact) mass is 81.1 g/mol. The molecule has 6 heavy (non-hydrogen) atoms. The molecule has 0 heterocycles. The van der Waals surface area contributed by atoms with Crippen molar-refractivity contribution in [3.63, 3.8) is 0 Å². The molecule has 1 radical (unpaired) electrons. The van der Waals surface area contributed by atoms with E-state index in [0.29, 0.717) is 5.92 Å². The third kappa shape index (κ3) is 2.19. The van der Waals surface area contributed by atoms with Crippen LogP contribution in [0.3, 0.4) is 0 Å². The summed E-state index contributed by atoms with van der Waals surface area (Å²) in [6.07, 6.45) is 1.15. The normalized spacial score (nSPS) is 13.5. The van der Waals surface area contributed by atoms with Crippen LogP contribution in [0.4, 0.5) is 0 Å². The molecule has 1 atom stereocenters. The Morgan fingerprint density at radius 1 is 1.83 bits per heavy atom. The Balaban J connectivity index is 2.96. The second kappa shape index (κ2) is 3.14. The van der Waals surface area contributed by atoms with Crippen molar-refractivity contribution >= 4 is 13.5 Å². The Morgan fingerprint density at radius 3 is 2.33 bits per heavy atom. The van der Waals surface area contributed by atoms with E-state index in [0.717, 1.165) is 6.42 Å². The molecule has 33 valence electrons. The molecule has 0 bridgehead atoms. The molecule has 1 heteroatoms. The predicted molar refractivity (Wildman–Crippen MR) is 31.3 cm³/mol. The van der Waals surface area contributed by atoms with Crippen LogP contribution in [-0.4, -0.2) is 13.5 Å². The van der Waals surface area contributed by atoms with Gasteiger partial charge in [0, 0.05) is 0 Å². The average Bonchev–Trinajstić information content (AvgIpc) is 1.65. The number of hydrogen-bond acceptors (Lipinski definition) is 0. The molecule has 0 nitrogen and oxygen atoms in total. The molecule has 0 amide bonds. The summed E-state index contributed by atoms with van der Waals surface area (Å²) >= 11 is 0. The Morgan fingerprint density at radius 2 is 2.33 bits per heavy atom. The van der Waals surface area contributed by atoms with Gasteiger partial charge >= 0.3 is 39.6 Å². The van der Waals surface area contributed by atoms with E-state index in [1.54, 1.807) is 5.97 Å². The van der Waals surface area contributed by atoms with Crippen LogP contribution in [0.5, 0.6) is 0 Å². The summed E-state index contributed by atoms with van der Waals surface area (Å²) in [6, 6.07) is 0. The van der Waals surface area contributed by atoms with Gasteiger partial charge in [-0.25, -0.2) is 0 Å². The maximum atomic E-state index is 5.16. The van der Waals surface area contributed by atoms with Crippen LogP contribution < -0.4 is 0 Å². The second-order valence-electron chi connectivity index (χ2n) is 1.58. The van der Waals surface area contributed by atoms with E-state index < -0.39 is 0 Å². The first-order valence-corrected chi connectivity index (χ1v) is 2.36. The number of rotatable bonds is 2. The van der Waals surface area contributed by atoms with Gasteiger partial charge in [-0.05, 0) is 0 Å². The second-order valence-corrected chi connectivity index (χ2v) is 1.58. The first-order valence-electron chi connectivity index (χ1n) is 2.36. The summed E-state index contributed by atoms with van der Waals surface area (Å²) in [5.41, 5.74) is 0. The minimum atomic E-state index is 0.588. The van der Waals surface area contributed by atoms with Gasteiger partial charge in [0.05, 0.1) is 0 Å². The zero-order valence-corrected chi connectivity index (χ0v) is 4.44. The van der Waals surface area contributed by atoms with Gasteiger partial charge in [0.1, 0.15) is 0 Å². The molecule has 0 N–H and O–H groups in total. The predicted octanol–water partition coefficient (Wildman–Crippen LogP) is 1.00. The van der Waals surface area contributed by atoms with Gasteiger partial charge in [0.2, 0.25) is 0 Å². The van der Waals surface area contributed by atoms with Crippen molar-refractivity contribution < 1.29 is 0 Å². The van der Waals surface area contributed by atoms with Crippen LogP contribution in [0.2, 0.25) is 0 Å².